The first-order chi connectivity index (χ1) is 9.19. The molecule has 5 heteroatoms. The molecule has 0 aliphatic heterocycles. The standard InChI is InChI=1S/C14H9BrClFN2/c15-9-2-1-3-11(6-9)19-13-5-4-10(17)7-12(13)18-14(19)8-16/h1-7H,8H2. The van der Waals surface area contributed by atoms with Crippen LogP contribution in [0.25, 0.3) is 16.7 Å². The van der Waals surface area contributed by atoms with E-state index in [9.17, 15) is 4.39 Å². The van der Waals surface area contributed by atoms with E-state index in [2.05, 4.69) is 20.9 Å². The largest absolute Gasteiger partial charge is 0.295 e. The van der Waals surface area contributed by atoms with Gasteiger partial charge in [-0.1, -0.05) is 22.0 Å². The lowest BCUT2D eigenvalue weighted by molar-refractivity contribution is 0.629. The van der Waals surface area contributed by atoms with Gasteiger partial charge in [-0.15, -0.1) is 11.6 Å². The second-order valence-corrected chi connectivity index (χ2v) is 5.29. The van der Waals surface area contributed by atoms with Crippen LogP contribution < -0.4 is 0 Å². The van der Waals surface area contributed by atoms with Crippen molar-refractivity contribution in [2.45, 2.75) is 5.88 Å². The van der Waals surface area contributed by atoms with Crippen LogP contribution in [0.1, 0.15) is 5.82 Å². The van der Waals surface area contributed by atoms with Crippen molar-refractivity contribution in [3.8, 4) is 5.69 Å². The van der Waals surface area contributed by atoms with Crippen LogP contribution in [0.3, 0.4) is 0 Å². The van der Waals surface area contributed by atoms with Crippen LogP contribution in [0.5, 0.6) is 0 Å². The summed E-state index contributed by atoms with van der Waals surface area (Å²) in [5.41, 5.74) is 2.39. The van der Waals surface area contributed by atoms with E-state index in [-0.39, 0.29) is 11.7 Å². The summed E-state index contributed by atoms with van der Waals surface area (Å²) in [4.78, 5) is 4.37. The second-order valence-electron chi connectivity index (χ2n) is 4.11. The minimum atomic E-state index is -0.299. The van der Waals surface area contributed by atoms with E-state index in [1.807, 2.05) is 28.8 Å². The van der Waals surface area contributed by atoms with Gasteiger partial charge in [-0.05, 0) is 30.3 Å². The van der Waals surface area contributed by atoms with Crippen LogP contribution in [0.15, 0.2) is 46.9 Å². The average molecular weight is 340 g/mol. The highest BCUT2D eigenvalue weighted by Gasteiger charge is 2.12. The predicted octanol–water partition coefficient (Wildman–Crippen LogP) is 4.67. The smallest absolute Gasteiger partial charge is 0.129 e. The van der Waals surface area contributed by atoms with Crippen LogP contribution in [-0.2, 0) is 5.88 Å². The molecule has 2 aromatic carbocycles. The van der Waals surface area contributed by atoms with Crippen molar-refractivity contribution >= 4 is 38.6 Å². The number of imidazole rings is 1. The van der Waals surface area contributed by atoms with Crippen LogP contribution in [0.4, 0.5) is 4.39 Å². The number of hydrogen-bond donors (Lipinski definition) is 0. The van der Waals surface area contributed by atoms with Crippen molar-refractivity contribution in [1.29, 1.82) is 0 Å². The number of benzene rings is 2. The topological polar surface area (TPSA) is 17.8 Å². The summed E-state index contributed by atoms with van der Waals surface area (Å²) in [5, 5.41) is 0. The molecule has 0 saturated heterocycles. The first-order valence-corrected chi connectivity index (χ1v) is 7.00. The molecule has 1 heterocycles. The third kappa shape index (κ3) is 2.26. The Morgan fingerprint density at radius 1 is 1.21 bits per heavy atom. The maximum atomic E-state index is 13.3. The van der Waals surface area contributed by atoms with Gasteiger partial charge in [-0.25, -0.2) is 9.37 Å². The highest BCUT2D eigenvalue weighted by molar-refractivity contribution is 9.10. The van der Waals surface area contributed by atoms with E-state index in [0.717, 1.165) is 15.7 Å². The molecular weight excluding hydrogens is 331 g/mol. The van der Waals surface area contributed by atoms with Crippen molar-refractivity contribution in [2.24, 2.45) is 0 Å². The van der Waals surface area contributed by atoms with Crippen molar-refractivity contribution in [2.75, 3.05) is 0 Å². The Hall–Kier alpha value is -1.39. The van der Waals surface area contributed by atoms with Gasteiger partial charge in [0, 0.05) is 16.2 Å². The molecule has 0 amide bonds. The number of rotatable bonds is 2. The van der Waals surface area contributed by atoms with E-state index in [1.54, 1.807) is 6.07 Å². The van der Waals surface area contributed by atoms with Gasteiger partial charge in [0.1, 0.15) is 11.6 Å². The van der Waals surface area contributed by atoms with Crippen LogP contribution >= 0.6 is 27.5 Å². The monoisotopic (exact) mass is 338 g/mol. The van der Waals surface area contributed by atoms with E-state index in [1.165, 1.54) is 12.1 Å². The van der Waals surface area contributed by atoms with Crippen molar-refractivity contribution in [3.63, 3.8) is 0 Å². The van der Waals surface area contributed by atoms with E-state index in [0.29, 0.717) is 11.3 Å². The molecule has 0 spiro atoms. The summed E-state index contributed by atoms with van der Waals surface area (Å²) in [6.45, 7) is 0. The van der Waals surface area contributed by atoms with E-state index < -0.39 is 0 Å². The van der Waals surface area contributed by atoms with Gasteiger partial charge in [0.15, 0.2) is 0 Å². The van der Waals surface area contributed by atoms with Crippen LogP contribution in [0.2, 0.25) is 0 Å². The third-order valence-corrected chi connectivity index (χ3v) is 3.60. The van der Waals surface area contributed by atoms with Gasteiger partial charge in [-0.3, -0.25) is 4.57 Å². The minimum absolute atomic E-state index is 0.267. The Morgan fingerprint density at radius 2 is 2.05 bits per heavy atom. The Bertz CT molecular complexity index is 754. The molecule has 0 unspecified atom stereocenters. The van der Waals surface area contributed by atoms with Gasteiger partial charge < -0.3 is 0 Å². The third-order valence-electron chi connectivity index (χ3n) is 2.87. The summed E-state index contributed by atoms with van der Waals surface area (Å²) >= 11 is 9.39. The fourth-order valence-electron chi connectivity index (χ4n) is 2.10. The second kappa shape index (κ2) is 4.94. The van der Waals surface area contributed by atoms with Gasteiger partial charge in [0.05, 0.1) is 16.9 Å². The molecule has 3 aromatic rings. The molecule has 19 heavy (non-hydrogen) atoms. The highest BCUT2D eigenvalue weighted by atomic mass is 79.9. The van der Waals surface area contributed by atoms with E-state index in [4.69, 9.17) is 11.6 Å². The molecule has 0 radical (unpaired) electrons. The van der Waals surface area contributed by atoms with Gasteiger partial charge >= 0.3 is 0 Å². The first kappa shape index (κ1) is 12.6. The molecule has 0 N–H and O–H groups in total. The van der Waals surface area contributed by atoms with Crippen LogP contribution in [0, 0.1) is 5.82 Å². The fourth-order valence-corrected chi connectivity index (χ4v) is 2.66. The lowest BCUT2D eigenvalue weighted by atomic mass is 10.2. The quantitative estimate of drug-likeness (QED) is 0.621. The summed E-state index contributed by atoms with van der Waals surface area (Å²) in [6, 6.07) is 12.4. The normalized spacial score (nSPS) is 11.1. The number of halogens is 3. The van der Waals surface area contributed by atoms with Crippen molar-refractivity contribution < 1.29 is 4.39 Å². The molecule has 0 aliphatic carbocycles. The van der Waals surface area contributed by atoms with Crippen LogP contribution in [-0.4, -0.2) is 9.55 Å². The first-order valence-electron chi connectivity index (χ1n) is 5.68. The number of alkyl halides is 1. The summed E-state index contributed by atoms with van der Waals surface area (Å²) < 4.78 is 16.2. The molecule has 0 aliphatic rings. The van der Waals surface area contributed by atoms with Crippen molar-refractivity contribution in [3.05, 3.63) is 58.6 Å². The molecular formula is C14H9BrClFN2. The zero-order chi connectivity index (χ0) is 13.4. The van der Waals surface area contributed by atoms with Gasteiger partial charge in [0.2, 0.25) is 0 Å². The zero-order valence-electron chi connectivity index (χ0n) is 9.78. The Morgan fingerprint density at radius 3 is 2.79 bits per heavy atom. The van der Waals surface area contributed by atoms with E-state index >= 15 is 0 Å². The predicted molar refractivity (Wildman–Crippen MR) is 78.3 cm³/mol. The summed E-state index contributed by atoms with van der Waals surface area (Å²) in [7, 11) is 0. The van der Waals surface area contributed by atoms with Gasteiger partial charge in [-0.2, -0.15) is 0 Å². The number of hydrogen-bond acceptors (Lipinski definition) is 1. The number of nitrogens with zero attached hydrogens (tertiary/aromatic N) is 2. The zero-order valence-corrected chi connectivity index (χ0v) is 12.1. The summed E-state index contributed by atoms with van der Waals surface area (Å²) in [6.07, 6.45) is 0. The molecule has 3 rings (SSSR count). The molecule has 1 aromatic heterocycles. The minimum Gasteiger partial charge on any atom is -0.295 e. The number of aromatic nitrogens is 2. The molecule has 96 valence electrons. The average Bonchev–Trinajstić information content (AvgIpc) is 2.76. The molecule has 0 atom stereocenters. The van der Waals surface area contributed by atoms with Crippen molar-refractivity contribution in [1.82, 2.24) is 9.55 Å². The molecule has 0 bridgehead atoms. The molecule has 2 nitrogen and oxygen atoms in total. The maximum Gasteiger partial charge on any atom is 0.129 e. The maximum absolute atomic E-state index is 13.3. The Labute approximate surface area is 123 Å². The molecule has 0 fully saturated rings. The fraction of sp³-hybridized carbons (Fsp3) is 0.0714. The SMILES string of the molecule is Fc1ccc2c(c1)nc(CCl)n2-c1cccc(Br)c1. The Kier molecular flexibility index (Phi) is 3.29. The summed E-state index contributed by atoms with van der Waals surface area (Å²) in [5.74, 6) is 0.663. The lowest BCUT2D eigenvalue weighted by Crippen LogP contribution is -1.99. The lowest BCUT2D eigenvalue weighted by Gasteiger charge is -2.08. The number of fused-ring (bicyclic) bond motifs is 1. The molecule has 0 saturated carbocycles. The Balaban J connectivity index is 2.32. The van der Waals surface area contributed by atoms with Gasteiger partial charge in [0.25, 0.3) is 0 Å². The highest BCUT2D eigenvalue weighted by Crippen LogP contribution is 2.25.